The molecule has 0 spiro atoms. The van der Waals surface area contributed by atoms with Crippen molar-refractivity contribution in [2.75, 3.05) is 43.0 Å². The van der Waals surface area contributed by atoms with Crippen LogP contribution in [0.2, 0.25) is 5.02 Å². The van der Waals surface area contributed by atoms with Gasteiger partial charge in [0.1, 0.15) is 24.3 Å². The lowest BCUT2D eigenvalue weighted by molar-refractivity contribution is -0.134. The van der Waals surface area contributed by atoms with Crippen molar-refractivity contribution in [3.63, 3.8) is 0 Å². The fraction of sp³-hybridized carbons (Fsp3) is 0.304. The van der Waals surface area contributed by atoms with Crippen LogP contribution in [0.15, 0.2) is 48.9 Å². The summed E-state index contributed by atoms with van der Waals surface area (Å²) in [5, 5.41) is 18.5. The second-order valence-electron chi connectivity index (χ2n) is 8.05. The number of aliphatic hydroxyl groups excluding tert-OH is 1. The standard InChI is InChI=1S/C23H24ClN7O2/c1-15(27-22-19-6-3-7-31(19)26-14-25-22)17-12-16-4-2-5-18(24)21(16)28-23(17)30-10-8-29(9-11-30)20(33)13-32/h2-7,12,14-15,32H,8-11,13H2,1H3,(H,25,26,27)/t15-/m0/s1. The highest BCUT2D eigenvalue weighted by Gasteiger charge is 2.25. The molecule has 2 N–H and O–H groups in total. The van der Waals surface area contributed by atoms with Gasteiger partial charge < -0.3 is 20.2 Å². The van der Waals surface area contributed by atoms with E-state index < -0.39 is 6.61 Å². The molecule has 33 heavy (non-hydrogen) atoms. The zero-order valence-electron chi connectivity index (χ0n) is 18.1. The largest absolute Gasteiger partial charge is 0.387 e. The number of carbonyl (C=O) groups is 1. The van der Waals surface area contributed by atoms with Crippen LogP contribution < -0.4 is 10.2 Å². The maximum absolute atomic E-state index is 11.9. The normalized spacial score (nSPS) is 15.2. The van der Waals surface area contributed by atoms with Crippen LogP contribution in [0, 0.1) is 0 Å². The van der Waals surface area contributed by atoms with E-state index in [1.165, 1.54) is 6.33 Å². The van der Waals surface area contributed by atoms with E-state index in [1.54, 1.807) is 9.42 Å². The number of amides is 1. The highest BCUT2D eigenvalue weighted by atomic mass is 35.5. The van der Waals surface area contributed by atoms with Crippen LogP contribution in [0.1, 0.15) is 18.5 Å². The Morgan fingerprint density at radius 1 is 1.21 bits per heavy atom. The van der Waals surface area contributed by atoms with Crippen molar-refractivity contribution >= 4 is 45.6 Å². The number of para-hydroxylation sites is 1. The molecule has 0 radical (unpaired) electrons. The van der Waals surface area contributed by atoms with Gasteiger partial charge in [0.25, 0.3) is 0 Å². The summed E-state index contributed by atoms with van der Waals surface area (Å²) in [7, 11) is 0. The number of aromatic nitrogens is 4. The topological polar surface area (TPSA) is 98.9 Å². The zero-order chi connectivity index (χ0) is 22.9. The number of benzene rings is 1. The van der Waals surface area contributed by atoms with Gasteiger partial charge in [-0.2, -0.15) is 5.10 Å². The van der Waals surface area contributed by atoms with Gasteiger partial charge in [-0.05, 0) is 31.2 Å². The lowest BCUT2D eigenvalue weighted by Gasteiger charge is -2.36. The number of nitrogens with one attached hydrogen (secondary N) is 1. The molecule has 170 valence electrons. The molecule has 1 aromatic carbocycles. The molecule has 1 aliphatic heterocycles. The fourth-order valence-corrected chi connectivity index (χ4v) is 4.49. The summed E-state index contributed by atoms with van der Waals surface area (Å²) in [6.45, 7) is 3.89. The second-order valence-corrected chi connectivity index (χ2v) is 8.46. The number of anilines is 2. The Morgan fingerprint density at radius 3 is 2.82 bits per heavy atom. The maximum Gasteiger partial charge on any atom is 0.248 e. The summed E-state index contributed by atoms with van der Waals surface area (Å²) in [6.07, 6.45) is 3.41. The number of hydrogen-bond acceptors (Lipinski definition) is 7. The summed E-state index contributed by atoms with van der Waals surface area (Å²) in [4.78, 5) is 25.1. The third kappa shape index (κ3) is 4.05. The predicted molar refractivity (Wildman–Crippen MR) is 128 cm³/mol. The molecular weight excluding hydrogens is 442 g/mol. The summed E-state index contributed by atoms with van der Waals surface area (Å²) in [6, 6.07) is 11.7. The van der Waals surface area contributed by atoms with Crippen molar-refractivity contribution in [2.24, 2.45) is 0 Å². The molecule has 10 heteroatoms. The van der Waals surface area contributed by atoms with Crippen LogP contribution in [-0.4, -0.2) is 68.3 Å². The van der Waals surface area contributed by atoms with Gasteiger partial charge in [-0.3, -0.25) is 4.79 Å². The SMILES string of the molecule is C[C@H](Nc1ncnn2cccc12)c1cc2cccc(Cl)c2nc1N1CCN(C(=O)CO)CC1. The van der Waals surface area contributed by atoms with E-state index in [0.717, 1.165) is 33.6 Å². The monoisotopic (exact) mass is 465 g/mol. The van der Waals surface area contributed by atoms with Gasteiger partial charge in [0.05, 0.1) is 16.6 Å². The fourth-order valence-electron chi connectivity index (χ4n) is 4.27. The van der Waals surface area contributed by atoms with Crippen molar-refractivity contribution in [1.82, 2.24) is 24.5 Å². The number of piperazine rings is 1. The Labute approximate surface area is 195 Å². The van der Waals surface area contributed by atoms with Gasteiger partial charge >= 0.3 is 0 Å². The minimum atomic E-state index is -0.469. The molecule has 1 fully saturated rings. The van der Waals surface area contributed by atoms with Crippen LogP contribution in [0.5, 0.6) is 0 Å². The van der Waals surface area contributed by atoms with Crippen LogP contribution >= 0.6 is 11.6 Å². The molecule has 0 saturated carbocycles. The molecule has 5 rings (SSSR count). The Bertz CT molecular complexity index is 1320. The number of rotatable bonds is 5. The minimum absolute atomic E-state index is 0.110. The second kappa shape index (κ2) is 8.84. The summed E-state index contributed by atoms with van der Waals surface area (Å²) in [5.41, 5.74) is 2.64. The van der Waals surface area contributed by atoms with E-state index in [9.17, 15) is 9.90 Å². The quantitative estimate of drug-likeness (QED) is 0.467. The molecule has 4 aromatic rings. The van der Waals surface area contributed by atoms with E-state index in [4.69, 9.17) is 16.6 Å². The molecule has 1 saturated heterocycles. The molecule has 3 aromatic heterocycles. The van der Waals surface area contributed by atoms with E-state index in [-0.39, 0.29) is 11.9 Å². The van der Waals surface area contributed by atoms with Gasteiger partial charge in [-0.15, -0.1) is 0 Å². The van der Waals surface area contributed by atoms with Crippen LogP contribution in [0.25, 0.3) is 16.4 Å². The summed E-state index contributed by atoms with van der Waals surface area (Å²) in [5.74, 6) is 1.31. The molecule has 4 heterocycles. The Balaban J connectivity index is 1.51. The molecule has 1 atom stereocenters. The maximum atomic E-state index is 11.9. The van der Waals surface area contributed by atoms with Crippen molar-refractivity contribution in [3.05, 3.63) is 59.5 Å². The lowest BCUT2D eigenvalue weighted by Crippen LogP contribution is -2.50. The first-order valence-electron chi connectivity index (χ1n) is 10.8. The van der Waals surface area contributed by atoms with Gasteiger partial charge in [-0.1, -0.05) is 23.7 Å². The van der Waals surface area contributed by atoms with Crippen LogP contribution in [-0.2, 0) is 4.79 Å². The van der Waals surface area contributed by atoms with Crippen molar-refractivity contribution in [3.8, 4) is 0 Å². The lowest BCUT2D eigenvalue weighted by atomic mass is 10.0. The molecule has 1 aliphatic rings. The average molecular weight is 466 g/mol. The highest BCUT2D eigenvalue weighted by Crippen LogP contribution is 2.33. The van der Waals surface area contributed by atoms with Gasteiger partial charge in [0, 0.05) is 43.3 Å². The highest BCUT2D eigenvalue weighted by molar-refractivity contribution is 6.35. The number of nitrogens with zero attached hydrogens (tertiary/aromatic N) is 6. The van der Waals surface area contributed by atoms with Gasteiger partial charge in [0.15, 0.2) is 5.82 Å². The third-order valence-corrected chi connectivity index (χ3v) is 6.33. The molecule has 0 bridgehead atoms. The van der Waals surface area contributed by atoms with E-state index in [0.29, 0.717) is 31.2 Å². The van der Waals surface area contributed by atoms with Crippen LogP contribution in [0.3, 0.4) is 0 Å². The third-order valence-electron chi connectivity index (χ3n) is 6.03. The molecule has 0 unspecified atom stereocenters. The minimum Gasteiger partial charge on any atom is -0.387 e. The number of aliphatic hydroxyl groups is 1. The molecule has 9 nitrogen and oxygen atoms in total. The number of hydrogen-bond donors (Lipinski definition) is 2. The molecule has 1 amide bonds. The first-order chi connectivity index (χ1) is 16.0. The van der Waals surface area contributed by atoms with Crippen molar-refractivity contribution < 1.29 is 9.90 Å². The Morgan fingerprint density at radius 2 is 2.03 bits per heavy atom. The average Bonchev–Trinajstić information content (AvgIpc) is 3.33. The van der Waals surface area contributed by atoms with Crippen molar-refractivity contribution in [1.29, 1.82) is 0 Å². The predicted octanol–water partition coefficient (Wildman–Crippen LogP) is 2.74. The number of pyridine rings is 1. The first kappa shape index (κ1) is 21.4. The molecule has 0 aliphatic carbocycles. The number of carbonyl (C=O) groups excluding carboxylic acids is 1. The van der Waals surface area contributed by atoms with Gasteiger partial charge in [0.2, 0.25) is 5.91 Å². The summed E-state index contributed by atoms with van der Waals surface area (Å²) >= 11 is 6.47. The Kier molecular flexibility index (Phi) is 5.74. The van der Waals surface area contributed by atoms with Gasteiger partial charge in [-0.25, -0.2) is 14.5 Å². The van der Waals surface area contributed by atoms with E-state index in [1.807, 2.05) is 36.5 Å². The van der Waals surface area contributed by atoms with Crippen molar-refractivity contribution in [2.45, 2.75) is 13.0 Å². The van der Waals surface area contributed by atoms with E-state index >= 15 is 0 Å². The summed E-state index contributed by atoms with van der Waals surface area (Å²) < 4.78 is 1.78. The molecular formula is C23H24ClN7O2. The van der Waals surface area contributed by atoms with E-state index in [2.05, 4.69) is 33.3 Å². The smallest absolute Gasteiger partial charge is 0.248 e. The number of fused-ring (bicyclic) bond motifs is 2. The first-order valence-corrected chi connectivity index (χ1v) is 11.2. The zero-order valence-corrected chi connectivity index (χ0v) is 18.9. The Hall–Kier alpha value is -3.43. The number of halogens is 1. The van der Waals surface area contributed by atoms with Crippen LogP contribution in [0.4, 0.5) is 11.6 Å².